The topological polar surface area (TPSA) is 83.8 Å². The zero-order valence-electron chi connectivity index (χ0n) is 11.1. The first-order valence-electron chi connectivity index (χ1n) is 5.75. The summed E-state index contributed by atoms with van der Waals surface area (Å²) in [5.74, 6) is -0.150. The van der Waals surface area contributed by atoms with E-state index in [-0.39, 0.29) is 10.7 Å². The van der Waals surface area contributed by atoms with Crippen LogP contribution in [0, 0.1) is 6.92 Å². The highest BCUT2D eigenvalue weighted by Gasteiger charge is 2.23. The van der Waals surface area contributed by atoms with Gasteiger partial charge in [-0.25, -0.2) is 0 Å². The number of allylic oxidation sites excluding steroid dienone is 1. The number of hydrogen-bond acceptors (Lipinski definition) is 5. The van der Waals surface area contributed by atoms with Gasteiger partial charge in [0.25, 0.3) is 0 Å². The Kier molecular flexibility index (Phi) is 5.11. The molecule has 19 heavy (non-hydrogen) atoms. The molecule has 106 valence electrons. The number of aliphatic hydroxyl groups is 2. The molecular weight excluding hydrogens is 268 g/mol. The lowest BCUT2D eigenvalue weighted by Crippen LogP contribution is -2.21. The Labute approximate surface area is 113 Å². The lowest BCUT2D eigenvalue weighted by Gasteiger charge is -2.16. The summed E-state index contributed by atoms with van der Waals surface area (Å²) in [7, 11) is -4.01. The second-order valence-electron chi connectivity index (χ2n) is 4.41. The van der Waals surface area contributed by atoms with E-state index in [1.54, 1.807) is 26.0 Å². The molecule has 0 radical (unpaired) electrons. The van der Waals surface area contributed by atoms with Gasteiger partial charge in [0, 0.05) is 0 Å². The van der Waals surface area contributed by atoms with Crippen LogP contribution in [0.4, 0.5) is 0 Å². The first-order valence-corrected chi connectivity index (χ1v) is 7.16. The van der Waals surface area contributed by atoms with E-state index in [2.05, 4.69) is 0 Å². The third-order valence-corrected chi connectivity index (χ3v) is 3.73. The summed E-state index contributed by atoms with van der Waals surface area (Å²) in [6.07, 6.45) is -1.36. The number of hydrogen-bond donors (Lipinski definition) is 2. The molecule has 1 aromatic carbocycles. The van der Waals surface area contributed by atoms with Crippen LogP contribution >= 0.6 is 0 Å². The summed E-state index contributed by atoms with van der Waals surface area (Å²) >= 11 is 0. The van der Waals surface area contributed by atoms with Gasteiger partial charge in [0.2, 0.25) is 0 Å². The van der Waals surface area contributed by atoms with E-state index in [1.165, 1.54) is 12.1 Å². The lowest BCUT2D eigenvalue weighted by molar-refractivity contribution is 0.0919. The van der Waals surface area contributed by atoms with Crippen LogP contribution in [-0.2, 0) is 14.3 Å². The van der Waals surface area contributed by atoms with Crippen LogP contribution in [0.25, 0.3) is 0 Å². The lowest BCUT2D eigenvalue weighted by atomic mass is 10.2. The van der Waals surface area contributed by atoms with E-state index in [0.29, 0.717) is 5.57 Å². The van der Waals surface area contributed by atoms with Crippen molar-refractivity contribution in [2.45, 2.75) is 31.8 Å². The van der Waals surface area contributed by atoms with Gasteiger partial charge in [-0.2, -0.15) is 8.42 Å². The van der Waals surface area contributed by atoms with Crippen LogP contribution in [-0.4, -0.2) is 31.3 Å². The molecule has 2 N–H and O–H groups in total. The number of aliphatic hydroxyl groups excluding tert-OH is 2. The molecule has 6 heteroatoms. The molecule has 0 heterocycles. The highest BCUT2D eigenvalue weighted by atomic mass is 32.2. The second kappa shape index (κ2) is 6.18. The van der Waals surface area contributed by atoms with Crippen LogP contribution < -0.4 is 0 Å². The highest BCUT2D eigenvalue weighted by molar-refractivity contribution is 7.86. The standard InChI is InChI=1S/C13H18O5S/c1-9(2)13(12(15)8-14)18-19(16,17)11-6-4-10(3)5-7-11/h4-7,12,14-15H,8H2,1-3H3/t12-/m0/s1. The molecule has 0 aromatic heterocycles. The summed E-state index contributed by atoms with van der Waals surface area (Å²) in [6, 6.07) is 6.17. The highest BCUT2D eigenvalue weighted by Crippen LogP contribution is 2.20. The zero-order chi connectivity index (χ0) is 14.6. The van der Waals surface area contributed by atoms with Crippen LogP contribution in [0.3, 0.4) is 0 Å². The van der Waals surface area contributed by atoms with Crippen molar-refractivity contribution in [1.82, 2.24) is 0 Å². The van der Waals surface area contributed by atoms with Crippen LogP contribution in [0.1, 0.15) is 19.4 Å². The van der Waals surface area contributed by atoms with Gasteiger partial charge >= 0.3 is 10.1 Å². The van der Waals surface area contributed by atoms with Gasteiger partial charge in [0.15, 0.2) is 0 Å². The Morgan fingerprint density at radius 1 is 1.26 bits per heavy atom. The number of rotatable bonds is 5. The Hall–Kier alpha value is -1.37. The molecule has 0 fully saturated rings. The maximum Gasteiger partial charge on any atom is 0.338 e. The first kappa shape index (κ1) is 15.7. The molecule has 0 amide bonds. The fourth-order valence-electron chi connectivity index (χ4n) is 1.43. The minimum atomic E-state index is -4.01. The molecule has 1 rings (SSSR count). The van der Waals surface area contributed by atoms with E-state index >= 15 is 0 Å². The molecule has 0 unspecified atom stereocenters. The van der Waals surface area contributed by atoms with Gasteiger partial charge in [0.1, 0.15) is 16.8 Å². The quantitative estimate of drug-likeness (QED) is 0.630. The fourth-order valence-corrected chi connectivity index (χ4v) is 2.51. The molecular formula is C13H18O5S. The zero-order valence-corrected chi connectivity index (χ0v) is 11.9. The first-order chi connectivity index (χ1) is 8.77. The molecule has 1 aromatic rings. The van der Waals surface area contributed by atoms with Gasteiger partial charge in [-0.05, 0) is 38.5 Å². The average molecular weight is 286 g/mol. The van der Waals surface area contributed by atoms with E-state index in [0.717, 1.165) is 5.56 Å². The smallest absolute Gasteiger partial charge is 0.338 e. The molecule has 1 atom stereocenters. The van der Waals surface area contributed by atoms with Crippen LogP contribution in [0.15, 0.2) is 40.5 Å². The molecule has 0 saturated carbocycles. The van der Waals surface area contributed by atoms with Crippen molar-refractivity contribution in [3.63, 3.8) is 0 Å². The van der Waals surface area contributed by atoms with E-state index in [4.69, 9.17) is 9.29 Å². The molecule has 0 aliphatic heterocycles. The average Bonchev–Trinajstić information content (AvgIpc) is 2.35. The van der Waals surface area contributed by atoms with Crippen molar-refractivity contribution < 1.29 is 22.8 Å². The van der Waals surface area contributed by atoms with Gasteiger partial charge in [-0.15, -0.1) is 0 Å². The molecule has 0 bridgehead atoms. The minimum absolute atomic E-state index is 0.00184. The summed E-state index contributed by atoms with van der Waals surface area (Å²) in [5.41, 5.74) is 1.41. The van der Waals surface area contributed by atoms with Crippen molar-refractivity contribution in [2.24, 2.45) is 0 Å². The molecule has 0 aliphatic carbocycles. The Balaban J connectivity index is 3.09. The fraction of sp³-hybridized carbons (Fsp3) is 0.385. The summed E-state index contributed by atoms with van der Waals surface area (Å²) < 4.78 is 29.0. The molecule has 0 saturated heterocycles. The second-order valence-corrected chi connectivity index (χ2v) is 5.96. The maximum absolute atomic E-state index is 12.0. The van der Waals surface area contributed by atoms with E-state index in [1.807, 2.05) is 6.92 Å². The summed E-state index contributed by atoms with van der Waals surface area (Å²) in [6.45, 7) is 4.43. The molecule has 0 spiro atoms. The molecule has 5 nitrogen and oxygen atoms in total. The van der Waals surface area contributed by atoms with Gasteiger partial charge in [-0.1, -0.05) is 17.7 Å². The van der Waals surface area contributed by atoms with E-state index in [9.17, 15) is 13.5 Å². The monoisotopic (exact) mass is 286 g/mol. The maximum atomic E-state index is 12.0. The predicted molar refractivity (Wildman–Crippen MR) is 70.9 cm³/mol. The van der Waals surface area contributed by atoms with Crippen molar-refractivity contribution in [1.29, 1.82) is 0 Å². The number of aryl methyl sites for hydroxylation is 1. The van der Waals surface area contributed by atoms with Gasteiger partial charge in [-0.3, -0.25) is 0 Å². The third-order valence-electron chi connectivity index (χ3n) is 2.48. The normalized spacial score (nSPS) is 12.9. The van der Waals surface area contributed by atoms with Crippen molar-refractivity contribution in [2.75, 3.05) is 6.61 Å². The minimum Gasteiger partial charge on any atom is -0.393 e. The predicted octanol–water partition coefficient (Wildman–Crippen LogP) is 1.35. The van der Waals surface area contributed by atoms with Crippen LogP contribution in [0.2, 0.25) is 0 Å². The largest absolute Gasteiger partial charge is 0.393 e. The number of benzene rings is 1. The summed E-state index contributed by atoms with van der Waals surface area (Å²) in [4.78, 5) is 0.00184. The third kappa shape index (κ3) is 4.05. The van der Waals surface area contributed by atoms with Gasteiger partial charge < -0.3 is 14.4 Å². The Morgan fingerprint density at radius 2 is 1.79 bits per heavy atom. The van der Waals surface area contributed by atoms with Crippen molar-refractivity contribution >= 4 is 10.1 Å². The van der Waals surface area contributed by atoms with Crippen LogP contribution in [0.5, 0.6) is 0 Å². The van der Waals surface area contributed by atoms with Gasteiger partial charge in [0.05, 0.1) is 6.61 Å². The Morgan fingerprint density at radius 3 is 2.21 bits per heavy atom. The van der Waals surface area contributed by atoms with E-state index < -0.39 is 22.8 Å². The SMILES string of the molecule is CC(C)=C(OS(=O)(=O)c1ccc(C)cc1)[C@@H](O)CO. The van der Waals surface area contributed by atoms with Crippen molar-refractivity contribution in [3.8, 4) is 0 Å². The molecule has 0 aliphatic rings. The van der Waals surface area contributed by atoms with Crippen molar-refractivity contribution in [3.05, 3.63) is 41.2 Å². The Bertz CT molecular complexity index is 553. The summed E-state index contributed by atoms with van der Waals surface area (Å²) in [5, 5.41) is 18.4.